The molecule has 62 valence electrons. The summed E-state index contributed by atoms with van der Waals surface area (Å²) in [5.41, 5.74) is 0. The Kier molecular flexibility index (Phi) is 2.93. The van der Waals surface area contributed by atoms with Crippen LogP contribution in [0.5, 0.6) is 5.88 Å². The van der Waals surface area contributed by atoms with E-state index in [0.717, 1.165) is 16.9 Å². The fraction of sp³-hybridized carbons (Fsp3) is 0.571. The number of aryl methyl sites for hydroxylation is 1. The molecule has 0 saturated carbocycles. The van der Waals surface area contributed by atoms with Crippen LogP contribution in [0.25, 0.3) is 0 Å². The molecule has 0 spiro atoms. The van der Waals surface area contributed by atoms with E-state index in [4.69, 9.17) is 4.74 Å². The molecule has 11 heavy (non-hydrogen) atoms. The van der Waals surface area contributed by atoms with E-state index in [1.807, 2.05) is 18.5 Å². The summed E-state index contributed by atoms with van der Waals surface area (Å²) in [6, 6.07) is 0. The molecule has 0 aliphatic heterocycles. The molecule has 0 aromatic carbocycles. The summed E-state index contributed by atoms with van der Waals surface area (Å²) in [6.07, 6.45) is 1.74. The van der Waals surface area contributed by atoms with E-state index in [2.05, 4.69) is 21.0 Å². The molecule has 0 unspecified atom stereocenters. The minimum Gasteiger partial charge on any atom is -0.477 e. The second-order valence-corrected chi connectivity index (χ2v) is 2.90. The predicted octanol–water partition coefficient (Wildman–Crippen LogP) is 2.06. The first-order chi connectivity index (χ1) is 5.29. The maximum Gasteiger partial charge on any atom is 0.226 e. The lowest BCUT2D eigenvalue weighted by molar-refractivity contribution is 0.301. The van der Waals surface area contributed by atoms with Gasteiger partial charge in [0.15, 0.2) is 0 Å². The van der Waals surface area contributed by atoms with Gasteiger partial charge >= 0.3 is 0 Å². The lowest BCUT2D eigenvalue weighted by Crippen LogP contribution is -2.02. The van der Waals surface area contributed by atoms with Crippen molar-refractivity contribution in [1.82, 2.24) is 9.78 Å². The number of rotatable bonds is 3. The topological polar surface area (TPSA) is 27.1 Å². The Hall–Kier alpha value is -0.510. The Balaban J connectivity index is 2.88. The van der Waals surface area contributed by atoms with Crippen molar-refractivity contribution in [2.75, 3.05) is 6.61 Å². The van der Waals surface area contributed by atoms with Gasteiger partial charge in [-0.1, -0.05) is 0 Å². The van der Waals surface area contributed by atoms with Gasteiger partial charge in [0.1, 0.15) is 0 Å². The summed E-state index contributed by atoms with van der Waals surface area (Å²) < 4.78 is 8.08. The number of hydrogen-bond donors (Lipinski definition) is 0. The van der Waals surface area contributed by atoms with Gasteiger partial charge < -0.3 is 4.74 Å². The second kappa shape index (κ2) is 3.76. The third kappa shape index (κ3) is 1.74. The van der Waals surface area contributed by atoms with Crippen molar-refractivity contribution in [2.24, 2.45) is 0 Å². The fourth-order valence-corrected chi connectivity index (χ4v) is 1.27. The molecule has 0 N–H and O–H groups in total. The molecular weight excluding hydrogens is 208 g/mol. The zero-order valence-electron chi connectivity index (χ0n) is 6.67. The average Bonchev–Trinajstić information content (AvgIpc) is 2.34. The molecule has 0 fully saturated rings. The number of aromatic nitrogens is 2. The molecule has 1 aromatic rings. The monoisotopic (exact) mass is 218 g/mol. The van der Waals surface area contributed by atoms with Gasteiger partial charge in [-0.15, -0.1) is 0 Å². The highest BCUT2D eigenvalue weighted by Gasteiger charge is 2.06. The van der Waals surface area contributed by atoms with Gasteiger partial charge in [0, 0.05) is 6.54 Å². The molecule has 0 saturated heterocycles. The van der Waals surface area contributed by atoms with Gasteiger partial charge in [0.2, 0.25) is 5.88 Å². The third-order valence-electron chi connectivity index (χ3n) is 1.33. The predicted molar refractivity (Wildman–Crippen MR) is 46.8 cm³/mol. The zero-order chi connectivity index (χ0) is 8.27. The smallest absolute Gasteiger partial charge is 0.226 e. The van der Waals surface area contributed by atoms with E-state index < -0.39 is 0 Å². The highest BCUT2D eigenvalue weighted by molar-refractivity contribution is 9.10. The number of hydrogen-bond acceptors (Lipinski definition) is 2. The minimum atomic E-state index is 0.671. The van der Waals surface area contributed by atoms with Crippen molar-refractivity contribution >= 4 is 15.9 Å². The largest absolute Gasteiger partial charge is 0.477 e. The molecule has 3 nitrogen and oxygen atoms in total. The van der Waals surface area contributed by atoms with Crippen molar-refractivity contribution in [3.05, 3.63) is 10.7 Å². The van der Waals surface area contributed by atoms with Crippen LogP contribution in [-0.2, 0) is 6.54 Å². The Bertz CT molecular complexity index is 234. The van der Waals surface area contributed by atoms with Gasteiger partial charge in [-0.3, -0.25) is 0 Å². The second-order valence-electron chi connectivity index (χ2n) is 2.05. The maximum absolute atomic E-state index is 5.35. The number of ether oxygens (including phenoxy) is 1. The Labute approximate surface area is 74.5 Å². The summed E-state index contributed by atoms with van der Waals surface area (Å²) in [4.78, 5) is 0. The van der Waals surface area contributed by atoms with Gasteiger partial charge in [-0.05, 0) is 29.8 Å². The fourth-order valence-electron chi connectivity index (χ4n) is 0.857. The first-order valence-corrected chi connectivity index (χ1v) is 4.43. The lowest BCUT2D eigenvalue weighted by Gasteiger charge is -2.04. The quantitative estimate of drug-likeness (QED) is 0.777. The Morgan fingerprint density at radius 2 is 2.36 bits per heavy atom. The number of nitrogens with zero attached hydrogens (tertiary/aromatic N) is 2. The van der Waals surface area contributed by atoms with Crippen LogP contribution < -0.4 is 4.74 Å². The molecule has 1 aromatic heterocycles. The van der Waals surface area contributed by atoms with Crippen molar-refractivity contribution in [2.45, 2.75) is 20.4 Å². The van der Waals surface area contributed by atoms with Crippen molar-refractivity contribution in [3.63, 3.8) is 0 Å². The van der Waals surface area contributed by atoms with Gasteiger partial charge in [-0.25, -0.2) is 4.68 Å². The molecule has 1 rings (SSSR count). The van der Waals surface area contributed by atoms with E-state index in [1.54, 1.807) is 6.20 Å². The normalized spacial score (nSPS) is 10.1. The zero-order valence-corrected chi connectivity index (χ0v) is 8.26. The molecule has 4 heteroatoms. The summed E-state index contributed by atoms with van der Waals surface area (Å²) >= 11 is 3.35. The molecule has 0 bridgehead atoms. The van der Waals surface area contributed by atoms with Gasteiger partial charge in [-0.2, -0.15) is 5.10 Å². The Morgan fingerprint density at radius 3 is 2.91 bits per heavy atom. The van der Waals surface area contributed by atoms with Crippen LogP contribution in [0.2, 0.25) is 0 Å². The molecular formula is C7H11BrN2O. The standard InChI is InChI=1S/C7H11BrN2O/c1-3-10-7(11-4-2)6(8)5-9-10/h5H,3-4H2,1-2H3. The van der Waals surface area contributed by atoms with Crippen LogP contribution in [-0.4, -0.2) is 16.4 Å². The molecule has 0 atom stereocenters. The van der Waals surface area contributed by atoms with Crippen LogP contribution in [0.1, 0.15) is 13.8 Å². The average molecular weight is 219 g/mol. The first kappa shape index (κ1) is 8.59. The summed E-state index contributed by atoms with van der Waals surface area (Å²) in [5, 5.41) is 4.10. The summed E-state index contributed by atoms with van der Waals surface area (Å²) in [5.74, 6) is 0.815. The molecule has 0 amide bonds. The van der Waals surface area contributed by atoms with Crippen molar-refractivity contribution in [1.29, 1.82) is 0 Å². The van der Waals surface area contributed by atoms with E-state index in [9.17, 15) is 0 Å². The number of halogens is 1. The minimum absolute atomic E-state index is 0.671. The van der Waals surface area contributed by atoms with Crippen LogP contribution >= 0.6 is 15.9 Å². The Morgan fingerprint density at radius 1 is 1.64 bits per heavy atom. The molecule has 0 aliphatic carbocycles. The summed E-state index contributed by atoms with van der Waals surface area (Å²) in [7, 11) is 0. The maximum atomic E-state index is 5.35. The van der Waals surface area contributed by atoms with Crippen LogP contribution in [0, 0.1) is 0 Å². The SMILES string of the molecule is CCOc1c(Br)cnn1CC. The van der Waals surface area contributed by atoms with E-state index in [0.29, 0.717) is 6.61 Å². The van der Waals surface area contributed by atoms with Crippen LogP contribution in [0.4, 0.5) is 0 Å². The lowest BCUT2D eigenvalue weighted by atomic mass is 10.6. The van der Waals surface area contributed by atoms with E-state index in [-0.39, 0.29) is 0 Å². The van der Waals surface area contributed by atoms with Crippen molar-refractivity contribution in [3.8, 4) is 5.88 Å². The molecule has 1 heterocycles. The van der Waals surface area contributed by atoms with E-state index >= 15 is 0 Å². The molecule has 0 aliphatic rings. The van der Waals surface area contributed by atoms with Crippen LogP contribution in [0.15, 0.2) is 10.7 Å². The third-order valence-corrected chi connectivity index (χ3v) is 1.87. The first-order valence-electron chi connectivity index (χ1n) is 3.63. The van der Waals surface area contributed by atoms with Gasteiger partial charge in [0.05, 0.1) is 17.3 Å². The van der Waals surface area contributed by atoms with Gasteiger partial charge in [0.25, 0.3) is 0 Å². The highest BCUT2D eigenvalue weighted by Crippen LogP contribution is 2.23. The van der Waals surface area contributed by atoms with Crippen molar-refractivity contribution < 1.29 is 4.74 Å². The van der Waals surface area contributed by atoms with Crippen LogP contribution in [0.3, 0.4) is 0 Å². The highest BCUT2D eigenvalue weighted by atomic mass is 79.9. The van der Waals surface area contributed by atoms with E-state index in [1.165, 1.54) is 0 Å². The summed E-state index contributed by atoms with van der Waals surface area (Å²) in [6.45, 7) is 5.49. The molecule has 0 radical (unpaired) electrons.